The van der Waals surface area contributed by atoms with E-state index in [1.54, 1.807) is 0 Å². The number of hydrogen-bond acceptors (Lipinski definition) is 19. The topological polar surface area (TPSA) is 293 Å². The number of hydrogen-bond donors (Lipinski definition) is 10. The minimum absolute atomic E-state index is 0.0724. The van der Waals surface area contributed by atoms with E-state index in [4.69, 9.17) is 37.9 Å². The summed E-state index contributed by atoms with van der Waals surface area (Å²) in [6.07, 6.45) is -28.6. The summed E-state index contributed by atoms with van der Waals surface area (Å²) in [5.74, 6) is -0.700. The first kappa shape index (κ1) is 36.6. The summed E-state index contributed by atoms with van der Waals surface area (Å²) in [5.41, 5.74) is 0. The van der Waals surface area contributed by atoms with Gasteiger partial charge in [-0.05, 0) is 13.8 Å². The molecule has 0 amide bonds. The largest absolute Gasteiger partial charge is 0.457 e. The Hall–Kier alpha value is -1.21. The maximum Gasteiger partial charge on any atom is 0.303 e. The van der Waals surface area contributed by atoms with Gasteiger partial charge in [-0.25, -0.2) is 0 Å². The molecule has 0 aromatic heterocycles. The second-order valence-corrected chi connectivity index (χ2v) is 11.6. The van der Waals surface area contributed by atoms with Gasteiger partial charge in [0.15, 0.2) is 31.3 Å². The number of carbonyl (C=O) groups is 1. The highest BCUT2D eigenvalue weighted by atomic mass is 16.8. The van der Waals surface area contributed by atoms with Crippen molar-refractivity contribution in [3.63, 3.8) is 0 Å². The molecule has 4 saturated heterocycles. The second-order valence-electron chi connectivity index (χ2n) is 11.6. The van der Waals surface area contributed by atoms with E-state index >= 15 is 0 Å². The van der Waals surface area contributed by atoms with E-state index in [9.17, 15) is 55.9 Å². The fraction of sp³-hybridized carbons (Fsp3) is 0.962. The Morgan fingerprint density at radius 1 is 0.622 bits per heavy atom. The van der Waals surface area contributed by atoms with Crippen LogP contribution in [0.5, 0.6) is 0 Å². The Bertz CT molecular complexity index is 957. The van der Waals surface area contributed by atoms with Crippen LogP contribution in [0.1, 0.15) is 27.2 Å². The van der Waals surface area contributed by atoms with Gasteiger partial charge in [0.25, 0.3) is 0 Å². The van der Waals surface area contributed by atoms with Crippen LogP contribution in [0, 0.1) is 0 Å². The summed E-state index contributed by atoms with van der Waals surface area (Å²) >= 11 is 0. The van der Waals surface area contributed by atoms with E-state index in [2.05, 4.69) is 0 Å². The van der Waals surface area contributed by atoms with Crippen LogP contribution in [0.15, 0.2) is 0 Å². The summed E-state index contributed by atoms with van der Waals surface area (Å²) in [6, 6.07) is 0. The molecule has 0 aromatic rings. The van der Waals surface area contributed by atoms with Crippen LogP contribution in [0.2, 0.25) is 0 Å². The van der Waals surface area contributed by atoms with Gasteiger partial charge in [0.1, 0.15) is 67.1 Å². The molecule has 4 aliphatic rings. The molecule has 19 heteroatoms. The molecule has 0 bridgehead atoms. The van der Waals surface area contributed by atoms with Gasteiger partial charge < -0.3 is 89.0 Å². The molecule has 0 unspecified atom stereocenters. The standard InChI is InChI=1S/C26H44O19/c1-7-10(30)4-11(40-9(3)29)24(38-7)45-22-14(31)12(5-27)42-26(19(22)36)43-20-8(2)39-25(18(35)16(20)33)44-21-13(6-28)41-23(37)17(34)15(21)32/h7-8,10-28,30-37H,4-6H2,1-3H3/t7-,8+,10-,11-,12-,13-,14-,15-,16+,17-,18-,19+,20+,21+,22+,23+,24-,25-,26-/m1/s1. The SMILES string of the molecule is CC(=O)O[C@@H]1C[C@@H](O)[C@@H](C)O[C@@H]1O[C@@H]1[C@H](O)[C@@H](O[C@@H]2[C@@H](O)[C@@H](O)[C@@H](O[C@@H]3[C@H](O)[C@@H](O)[C@@H](O)O[C@@H]3CO)O[C@H]2C)O[C@H](CO)[C@H]1O. The van der Waals surface area contributed by atoms with Gasteiger partial charge in [0, 0.05) is 13.3 Å². The van der Waals surface area contributed by atoms with E-state index in [0.717, 1.165) is 6.92 Å². The Labute approximate surface area is 257 Å². The second kappa shape index (κ2) is 15.3. The first-order valence-corrected chi connectivity index (χ1v) is 14.6. The molecule has 10 N–H and O–H groups in total. The van der Waals surface area contributed by atoms with E-state index < -0.39 is 136 Å². The van der Waals surface area contributed by atoms with E-state index in [1.165, 1.54) is 13.8 Å². The highest BCUT2D eigenvalue weighted by Crippen LogP contribution is 2.34. The van der Waals surface area contributed by atoms with Crippen LogP contribution in [0.25, 0.3) is 0 Å². The number of ether oxygens (including phenoxy) is 8. The molecular weight excluding hydrogens is 616 g/mol. The van der Waals surface area contributed by atoms with E-state index in [-0.39, 0.29) is 6.42 Å². The lowest BCUT2D eigenvalue weighted by Crippen LogP contribution is -2.66. The number of carbonyl (C=O) groups excluding carboxylic acids is 1. The lowest BCUT2D eigenvalue weighted by atomic mass is 9.96. The summed E-state index contributed by atoms with van der Waals surface area (Å²) in [7, 11) is 0. The fourth-order valence-corrected chi connectivity index (χ4v) is 5.70. The highest BCUT2D eigenvalue weighted by Gasteiger charge is 2.54. The third kappa shape index (κ3) is 7.92. The maximum atomic E-state index is 11.6. The lowest BCUT2D eigenvalue weighted by Gasteiger charge is -2.48. The maximum absolute atomic E-state index is 11.6. The average molecular weight is 661 g/mol. The van der Waals surface area contributed by atoms with Gasteiger partial charge in [-0.3, -0.25) is 4.79 Å². The van der Waals surface area contributed by atoms with Gasteiger partial charge in [-0.2, -0.15) is 0 Å². The van der Waals surface area contributed by atoms with E-state index in [0.29, 0.717) is 0 Å². The summed E-state index contributed by atoms with van der Waals surface area (Å²) in [5, 5.41) is 103. The lowest BCUT2D eigenvalue weighted by molar-refractivity contribution is -0.383. The summed E-state index contributed by atoms with van der Waals surface area (Å²) in [4.78, 5) is 11.6. The quantitative estimate of drug-likeness (QED) is 0.103. The first-order chi connectivity index (χ1) is 21.2. The van der Waals surface area contributed by atoms with Crippen molar-refractivity contribution in [1.82, 2.24) is 0 Å². The van der Waals surface area contributed by atoms with Crippen molar-refractivity contribution in [3.05, 3.63) is 0 Å². The Morgan fingerprint density at radius 2 is 1.18 bits per heavy atom. The number of esters is 1. The highest BCUT2D eigenvalue weighted by molar-refractivity contribution is 5.66. The molecule has 262 valence electrons. The smallest absolute Gasteiger partial charge is 0.303 e. The van der Waals surface area contributed by atoms with Crippen LogP contribution in [0.4, 0.5) is 0 Å². The molecule has 45 heavy (non-hydrogen) atoms. The first-order valence-electron chi connectivity index (χ1n) is 14.6. The van der Waals surface area contributed by atoms with Crippen molar-refractivity contribution in [2.24, 2.45) is 0 Å². The average Bonchev–Trinajstić information content (AvgIpc) is 2.99. The zero-order valence-corrected chi connectivity index (χ0v) is 24.7. The Morgan fingerprint density at radius 3 is 1.80 bits per heavy atom. The third-order valence-electron chi connectivity index (χ3n) is 8.30. The third-order valence-corrected chi connectivity index (χ3v) is 8.30. The fourth-order valence-electron chi connectivity index (χ4n) is 5.70. The Balaban J connectivity index is 1.46. The van der Waals surface area contributed by atoms with Gasteiger partial charge in [0.05, 0.1) is 31.5 Å². The van der Waals surface area contributed by atoms with Gasteiger partial charge >= 0.3 is 5.97 Å². The zero-order chi connectivity index (χ0) is 33.3. The normalized spacial score (nSPS) is 51.1. The predicted octanol–water partition coefficient (Wildman–Crippen LogP) is -6.09. The van der Waals surface area contributed by atoms with Crippen LogP contribution in [-0.2, 0) is 42.7 Å². The minimum Gasteiger partial charge on any atom is -0.457 e. The number of aliphatic hydroxyl groups is 10. The molecule has 0 aliphatic carbocycles. The van der Waals surface area contributed by atoms with E-state index in [1.807, 2.05) is 0 Å². The molecule has 0 saturated carbocycles. The molecule has 0 aromatic carbocycles. The van der Waals surface area contributed by atoms with Crippen LogP contribution < -0.4 is 0 Å². The van der Waals surface area contributed by atoms with Gasteiger partial charge in [-0.15, -0.1) is 0 Å². The predicted molar refractivity (Wildman–Crippen MR) is 139 cm³/mol. The molecule has 0 spiro atoms. The van der Waals surface area contributed by atoms with Crippen LogP contribution in [0.3, 0.4) is 0 Å². The molecular formula is C26H44O19. The minimum atomic E-state index is -1.87. The summed E-state index contributed by atoms with van der Waals surface area (Å²) < 4.78 is 44.2. The van der Waals surface area contributed by atoms with Crippen molar-refractivity contribution in [2.75, 3.05) is 13.2 Å². The van der Waals surface area contributed by atoms with Gasteiger partial charge in [-0.1, -0.05) is 0 Å². The molecule has 19 nitrogen and oxygen atoms in total. The summed E-state index contributed by atoms with van der Waals surface area (Å²) in [6.45, 7) is 2.56. The van der Waals surface area contributed by atoms with Crippen molar-refractivity contribution in [1.29, 1.82) is 0 Å². The van der Waals surface area contributed by atoms with Crippen molar-refractivity contribution in [2.45, 2.75) is 144 Å². The molecule has 19 atom stereocenters. The number of rotatable bonds is 9. The molecule has 4 heterocycles. The number of aliphatic hydroxyl groups excluding tert-OH is 10. The molecule has 4 fully saturated rings. The monoisotopic (exact) mass is 660 g/mol. The van der Waals surface area contributed by atoms with Crippen molar-refractivity contribution >= 4 is 5.97 Å². The molecule has 4 aliphatic heterocycles. The molecule has 4 rings (SSSR count). The van der Waals surface area contributed by atoms with Crippen molar-refractivity contribution < 1.29 is 93.8 Å². The van der Waals surface area contributed by atoms with Crippen LogP contribution in [-0.4, -0.2) is 187 Å². The van der Waals surface area contributed by atoms with Crippen molar-refractivity contribution in [3.8, 4) is 0 Å². The molecule has 0 radical (unpaired) electrons. The van der Waals surface area contributed by atoms with Gasteiger partial charge in [0.2, 0.25) is 0 Å². The zero-order valence-electron chi connectivity index (χ0n) is 24.7. The van der Waals surface area contributed by atoms with Crippen LogP contribution >= 0.6 is 0 Å². The Kier molecular flexibility index (Phi) is 12.5.